The predicted molar refractivity (Wildman–Crippen MR) is 72.6 cm³/mol. The lowest BCUT2D eigenvalue weighted by molar-refractivity contribution is 0.0553. The Labute approximate surface area is 116 Å². The van der Waals surface area contributed by atoms with Crippen LogP contribution in [0.4, 0.5) is 4.39 Å². The lowest BCUT2D eigenvalue weighted by atomic mass is 9.91. The van der Waals surface area contributed by atoms with E-state index in [1.54, 1.807) is 30.8 Å². The molecule has 0 spiro atoms. The zero-order chi connectivity index (χ0) is 14.2. The Morgan fingerprint density at radius 3 is 2.68 bits per heavy atom. The highest BCUT2D eigenvalue weighted by Gasteiger charge is 2.27. The maximum atomic E-state index is 13.2. The van der Waals surface area contributed by atoms with Crippen LogP contribution in [0.25, 0.3) is 0 Å². The summed E-state index contributed by atoms with van der Waals surface area (Å²) < 4.78 is 14.9. The third-order valence-corrected chi connectivity index (χ3v) is 3.71. The molecule has 1 atom stereocenters. The van der Waals surface area contributed by atoms with Crippen molar-refractivity contribution in [1.82, 2.24) is 9.78 Å². The first-order chi connectivity index (χ1) is 8.81. The summed E-state index contributed by atoms with van der Waals surface area (Å²) in [6, 6.07) is 5.95. The van der Waals surface area contributed by atoms with Crippen LogP contribution in [0.5, 0.6) is 0 Å². The minimum absolute atomic E-state index is 0.270. The number of halogens is 2. The van der Waals surface area contributed by atoms with Crippen molar-refractivity contribution in [2.45, 2.75) is 25.9 Å². The monoisotopic (exact) mass is 282 g/mol. The van der Waals surface area contributed by atoms with Crippen molar-refractivity contribution >= 4 is 11.6 Å². The normalized spacial score (nSPS) is 14.4. The first-order valence-corrected chi connectivity index (χ1v) is 6.35. The highest BCUT2D eigenvalue weighted by Crippen LogP contribution is 2.30. The van der Waals surface area contributed by atoms with Gasteiger partial charge in [0.15, 0.2) is 0 Å². The van der Waals surface area contributed by atoms with Crippen molar-refractivity contribution in [3.63, 3.8) is 0 Å². The summed E-state index contributed by atoms with van der Waals surface area (Å²) in [5.74, 6) is -0.370. The second-order valence-electron chi connectivity index (χ2n) is 4.93. The van der Waals surface area contributed by atoms with E-state index in [0.717, 1.165) is 5.69 Å². The Morgan fingerprint density at radius 1 is 1.47 bits per heavy atom. The molecule has 1 N–H and O–H groups in total. The first-order valence-electron chi connectivity index (χ1n) is 5.97. The number of aryl methyl sites for hydroxylation is 2. The predicted octanol–water partition coefficient (Wildman–Crippen LogP) is 2.97. The lowest BCUT2D eigenvalue weighted by Crippen LogP contribution is -2.25. The molecule has 3 nitrogen and oxygen atoms in total. The Kier molecular flexibility index (Phi) is 3.65. The number of aromatic nitrogens is 2. The van der Waals surface area contributed by atoms with Gasteiger partial charge in [0.2, 0.25) is 0 Å². The minimum atomic E-state index is -1.20. The smallest absolute Gasteiger partial charge is 0.123 e. The molecule has 0 saturated carbocycles. The zero-order valence-corrected chi connectivity index (χ0v) is 11.9. The average Bonchev–Trinajstić information content (AvgIpc) is 2.56. The molecule has 0 aliphatic rings. The maximum absolute atomic E-state index is 13.2. The number of hydrogen-bond acceptors (Lipinski definition) is 2. The number of aliphatic hydroxyl groups is 1. The fourth-order valence-electron chi connectivity index (χ4n) is 2.12. The number of benzene rings is 1. The Hall–Kier alpha value is -1.39. The van der Waals surface area contributed by atoms with Crippen molar-refractivity contribution in [2.24, 2.45) is 7.05 Å². The summed E-state index contributed by atoms with van der Waals surface area (Å²) >= 11 is 6.17. The highest BCUT2D eigenvalue weighted by atomic mass is 35.5. The Balaban J connectivity index is 2.36. The highest BCUT2D eigenvalue weighted by molar-refractivity contribution is 6.31. The largest absolute Gasteiger partial charge is 0.385 e. The molecule has 0 bridgehead atoms. The molecule has 0 fully saturated rings. The number of rotatable bonds is 3. The van der Waals surface area contributed by atoms with Gasteiger partial charge in [0.25, 0.3) is 0 Å². The van der Waals surface area contributed by atoms with E-state index in [0.29, 0.717) is 16.3 Å². The summed E-state index contributed by atoms with van der Waals surface area (Å²) in [7, 11) is 1.77. The molecule has 0 aliphatic carbocycles. The van der Waals surface area contributed by atoms with E-state index in [1.165, 1.54) is 12.1 Å². The lowest BCUT2D eigenvalue weighted by Gasteiger charge is -2.24. The van der Waals surface area contributed by atoms with Crippen LogP contribution < -0.4 is 0 Å². The van der Waals surface area contributed by atoms with Gasteiger partial charge < -0.3 is 5.11 Å². The van der Waals surface area contributed by atoms with E-state index in [-0.39, 0.29) is 12.2 Å². The van der Waals surface area contributed by atoms with Crippen LogP contribution in [0.3, 0.4) is 0 Å². The molecule has 1 aromatic carbocycles. The molecule has 102 valence electrons. The van der Waals surface area contributed by atoms with Gasteiger partial charge >= 0.3 is 0 Å². The van der Waals surface area contributed by atoms with E-state index < -0.39 is 5.60 Å². The molecule has 1 aromatic heterocycles. The van der Waals surface area contributed by atoms with Crippen molar-refractivity contribution in [3.05, 3.63) is 52.1 Å². The molecule has 1 unspecified atom stereocenters. The van der Waals surface area contributed by atoms with Crippen LogP contribution in [-0.4, -0.2) is 14.9 Å². The summed E-state index contributed by atoms with van der Waals surface area (Å²) in [5.41, 5.74) is 0.761. The summed E-state index contributed by atoms with van der Waals surface area (Å²) in [4.78, 5) is 0. The quantitative estimate of drug-likeness (QED) is 0.940. The van der Waals surface area contributed by atoms with E-state index in [9.17, 15) is 9.50 Å². The third kappa shape index (κ3) is 2.80. The minimum Gasteiger partial charge on any atom is -0.385 e. The van der Waals surface area contributed by atoms with Gasteiger partial charge in [-0.3, -0.25) is 4.68 Å². The molecular formula is C14H16ClFN2O. The molecule has 0 amide bonds. The van der Waals surface area contributed by atoms with E-state index >= 15 is 0 Å². The number of nitrogens with zero attached hydrogens (tertiary/aromatic N) is 2. The molecular weight excluding hydrogens is 267 g/mol. The van der Waals surface area contributed by atoms with Gasteiger partial charge in [0.05, 0.1) is 22.0 Å². The van der Waals surface area contributed by atoms with Crippen molar-refractivity contribution in [3.8, 4) is 0 Å². The van der Waals surface area contributed by atoms with E-state index in [4.69, 9.17) is 11.6 Å². The van der Waals surface area contributed by atoms with Crippen molar-refractivity contribution in [1.29, 1.82) is 0 Å². The fraction of sp³-hybridized carbons (Fsp3) is 0.357. The Bertz CT molecular complexity index is 607. The summed E-state index contributed by atoms with van der Waals surface area (Å²) in [6.07, 6.45) is 0.270. The number of hydrogen-bond donors (Lipinski definition) is 1. The standard InChI is InChI=1S/C14H16ClFN2O/c1-9-13(15)12(18(3)17-9)8-14(2,19)10-5-4-6-11(16)7-10/h4-7,19H,8H2,1-3H3. The van der Waals surface area contributed by atoms with E-state index in [1.807, 2.05) is 6.92 Å². The second kappa shape index (κ2) is 4.94. The first kappa shape index (κ1) is 14.0. The topological polar surface area (TPSA) is 38.0 Å². The molecule has 2 rings (SSSR count). The van der Waals surface area contributed by atoms with Gasteiger partial charge in [-0.2, -0.15) is 5.10 Å². The van der Waals surface area contributed by atoms with Gasteiger partial charge in [-0.05, 0) is 31.5 Å². The van der Waals surface area contributed by atoms with Gasteiger partial charge in [-0.15, -0.1) is 0 Å². The van der Waals surface area contributed by atoms with E-state index in [2.05, 4.69) is 5.10 Å². The summed E-state index contributed by atoms with van der Waals surface area (Å²) in [6.45, 7) is 3.45. The second-order valence-corrected chi connectivity index (χ2v) is 5.31. The van der Waals surface area contributed by atoms with Crippen LogP contribution in [0.2, 0.25) is 5.02 Å². The molecule has 0 aliphatic heterocycles. The molecule has 19 heavy (non-hydrogen) atoms. The molecule has 0 radical (unpaired) electrons. The average molecular weight is 283 g/mol. The van der Waals surface area contributed by atoms with Crippen molar-refractivity contribution in [2.75, 3.05) is 0 Å². The maximum Gasteiger partial charge on any atom is 0.123 e. The van der Waals surface area contributed by atoms with Crippen molar-refractivity contribution < 1.29 is 9.50 Å². The molecule has 5 heteroatoms. The third-order valence-electron chi connectivity index (χ3n) is 3.22. The fourth-order valence-corrected chi connectivity index (χ4v) is 2.35. The van der Waals surface area contributed by atoms with Crippen LogP contribution in [0, 0.1) is 12.7 Å². The SMILES string of the molecule is Cc1nn(C)c(CC(C)(O)c2cccc(F)c2)c1Cl. The van der Waals surface area contributed by atoms with Crippen LogP contribution >= 0.6 is 11.6 Å². The Morgan fingerprint density at radius 2 is 2.16 bits per heavy atom. The van der Waals surface area contributed by atoms with Crippen LogP contribution in [0.15, 0.2) is 24.3 Å². The van der Waals surface area contributed by atoms with Crippen LogP contribution in [0.1, 0.15) is 23.9 Å². The van der Waals surface area contributed by atoms with Gasteiger partial charge in [-0.1, -0.05) is 23.7 Å². The van der Waals surface area contributed by atoms with Crippen LogP contribution in [-0.2, 0) is 19.1 Å². The van der Waals surface area contributed by atoms with Gasteiger partial charge in [0, 0.05) is 13.5 Å². The molecule has 1 heterocycles. The summed E-state index contributed by atoms with van der Waals surface area (Å²) in [5, 5.41) is 15.3. The molecule has 2 aromatic rings. The van der Waals surface area contributed by atoms with Gasteiger partial charge in [-0.25, -0.2) is 4.39 Å². The van der Waals surface area contributed by atoms with Gasteiger partial charge in [0.1, 0.15) is 5.82 Å². The zero-order valence-electron chi connectivity index (χ0n) is 11.1. The molecule has 0 saturated heterocycles.